The Bertz CT molecular complexity index is 598. The van der Waals surface area contributed by atoms with Gasteiger partial charge in [0.2, 0.25) is 11.8 Å². The second-order valence-corrected chi connectivity index (χ2v) is 6.70. The van der Waals surface area contributed by atoms with Crippen LogP contribution in [-0.2, 0) is 16.0 Å². The summed E-state index contributed by atoms with van der Waals surface area (Å²) < 4.78 is 5.26. The Morgan fingerprint density at radius 1 is 1.12 bits per heavy atom. The second kappa shape index (κ2) is 8.18. The minimum Gasteiger partial charge on any atom is -0.496 e. The molecule has 0 aliphatic carbocycles. The number of hydrogen-bond donors (Lipinski definition) is 0. The first-order chi connectivity index (χ1) is 11.4. The second-order valence-electron chi connectivity index (χ2n) is 6.70. The molecular formula is C19H28N2O3. The van der Waals surface area contributed by atoms with Gasteiger partial charge in [-0.3, -0.25) is 9.59 Å². The van der Waals surface area contributed by atoms with Crippen molar-refractivity contribution in [2.24, 2.45) is 5.92 Å². The highest BCUT2D eigenvalue weighted by Gasteiger charge is 2.23. The van der Waals surface area contributed by atoms with Crippen molar-refractivity contribution in [3.05, 3.63) is 29.3 Å². The van der Waals surface area contributed by atoms with Crippen molar-refractivity contribution in [2.45, 2.75) is 33.6 Å². The first kappa shape index (κ1) is 18.3. The Labute approximate surface area is 144 Å². The summed E-state index contributed by atoms with van der Waals surface area (Å²) in [6.07, 6.45) is 1.23. The molecule has 0 spiro atoms. The highest BCUT2D eigenvalue weighted by Crippen LogP contribution is 2.19. The van der Waals surface area contributed by atoms with Gasteiger partial charge in [-0.05, 0) is 30.5 Å². The quantitative estimate of drug-likeness (QED) is 0.850. The number of methoxy groups -OCH3 is 1. The monoisotopic (exact) mass is 332 g/mol. The van der Waals surface area contributed by atoms with Crippen LogP contribution in [0.25, 0.3) is 0 Å². The largest absolute Gasteiger partial charge is 0.496 e. The minimum atomic E-state index is 0.00882. The van der Waals surface area contributed by atoms with Crippen LogP contribution in [0, 0.1) is 12.8 Å². The molecule has 0 unspecified atom stereocenters. The molecule has 0 saturated carbocycles. The van der Waals surface area contributed by atoms with Gasteiger partial charge in [-0.2, -0.15) is 0 Å². The zero-order valence-corrected chi connectivity index (χ0v) is 15.2. The summed E-state index contributed by atoms with van der Waals surface area (Å²) >= 11 is 0. The number of nitrogens with zero attached hydrogens (tertiary/aromatic N) is 2. The van der Waals surface area contributed by atoms with Gasteiger partial charge in [0.25, 0.3) is 0 Å². The molecule has 1 fully saturated rings. The number of rotatable bonds is 4. The Morgan fingerprint density at radius 3 is 2.42 bits per heavy atom. The summed E-state index contributed by atoms with van der Waals surface area (Å²) in [5.41, 5.74) is 2.03. The SMILES string of the molecule is COc1ccc(CC(=O)N2CCCN(C(=O)C(C)C)CC2)cc1C. The van der Waals surface area contributed by atoms with Crippen LogP contribution in [0.3, 0.4) is 0 Å². The number of benzene rings is 1. The van der Waals surface area contributed by atoms with Crippen molar-refractivity contribution in [3.63, 3.8) is 0 Å². The van der Waals surface area contributed by atoms with Crippen LogP contribution in [0.5, 0.6) is 5.75 Å². The molecule has 0 radical (unpaired) electrons. The fourth-order valence-electron chi connectivity index (χ4n) is 3.09. The molecule has 0 atom stereocenters. The van der Waals surface area contributed by atoms with Gasteiger partial charge in [0.15, 0.2) is 0 Å². The summed E-state index contributed by atoms with van der Waals surface area (Å²) in [5, 5.41) is 0. The molecule has 1 saturated heterocycles. The van der Waals surface area contributed by atoms with Crippen molar-refractivity contribution in [3.8, 4) is 5.75 Å². The third-order valence-corrected chi connectivity index (χ3v) is 4.47. The van der Waals surface area contributed by atoms with E-state index in [4.69, 9.17) is 4.74 Å². The number of amides is 2. The predicted octanol–water partition coefficient (Wildman–Crippen LogP) is 2.26. The first-order valence-corrected chi connectivity index (χ1v) is 8.62. The van der Waals surface area contributed by atoms with Crippen molar-refractivity contribution < 1.29 is 14.3 Å². The molecule has 5 heteroatoms. The summed E-state index contributed by atoms with van der Waals surface area (Å²) in [4.78, 5) is 28.5. The molecule has 1 heterocycles. The molecule has 2 rings (SSSR count). The van der Waals surface area contributed by atoms with E-state index in [9.17, 15) is 9.59 Å². The van der Waals surface area contributed by atoms with E-state index in [0.717, 1.165) is 36.4 Å². The maximum atomic E-state index is 12.6. The molecule has 0 N–H and O–H groups in total. The Hall–Kier alpha value is -2.04. The van der Waals surface area contributed by atoms with Crippen LogP contribution in [0.2, 0.25) is 0 Å². The van der Waals surface area contributed by atoms with Gasteiger partial charge < -0.3 is 14.5 Å². The summed E-state index contributed by atoms with van der Waals surface area (Å²) in [7, 11) is 1.65. The Kier molecular flexibility index (Phi) is 6.23. The highest BCUT2D eigenvalue weighted by atomic mass is 16.5. The molecule has 2 amide bonds. The van der Waals surface area contributed by atoms with Gasteiger partial charge in [0, 0.05) is 32.1 Å². The van der Waals surface area contributed by atoms with Crippen LogP contribution in [0.15, 0.2) is 18.2 Å². The summed E-state index contributed by atoms with van der Waals surface area (Å²) in [6, 6.07) is 5.85. The molecule has 1 aromatic rings. The Morgan fingerprint density at radius 2 is 1.79 bits per heavy atom. The van der Waals surface area contributed by atoms with E-state index in [-0.39, 0.29) is 17.7 Å². The topological polar surface area (TPSA) is 49.9 Å². The number of ether oxygens (including phenoxy) is 1. The van der Waals surface area contributed by atoms with Crippen LogP contribution >= 0.6 is 0 Å². The minimum absolute atomic E-state index is 0.00882. The van der Waals surface area contributed by atoms with Crippen molar-refractivity contribution >= 4 is 11.8 Å². The van der Waals surface area contributed by atoms with E-state index in [1.165, 1.54) is 0 Å². The molecule has 5 nitrogen and oxygen atoms in total. The third kappa shape index (κ3) is 4.49. The molecule has 1 aliphatic heterocycles. The molecule has 1 aromatic carbocycles. The van der Waals surface area contributed by atoms with Gasteiger partial charge >= 0.3 is 0 Å². The maximum absolute atomic E-state index is 12.6. The average Bonchev–Trinajstić information content (AvgIpc) is 2.80. The van der Waals surface area contributed by atoms with Crippen LogP contribution in [0.1, 0.15) is 31.4 Å². The van der Waals surface area contributed by atoms with E-state index in [0.29, 0.717) is 19.5 Å². The number of carbonyl (C=O) groups is 2. The van der Waals surface area contributed by atoms with Gasteiger partial charge in [-0.25, -0.2) is 0 Å². The van der Waals surface area contributed by atoms with E-state index in [2.05, 4.69) is 0 Å². The standard InChI is InChI=1S/C19H28N2O3/c1-14(2)19(23)21-9-5-8-20(10-11-21)18(22)13-16-6-7-17(24-4)15(3)12-16/h6-7,12,14H,5,8-11,13H2,1-4H3. The van der Waals surface area contributed by atoms with Crippen molar-refractivity contribution in [2.75, 3.05) is 33.3 Å². The zero-order valence-electron chi connectivity index (χ0n) is 15.2. The van der Waals surface area contributed by atoms with Crippen LogP contribution in [0.4, 0.5) is 0 Å². The maximum Gasteiger partial charge on any atom is 0.227 e. The third-order valence-electron chi connectivity index (χ3n) is 4.47. The molecule has 0 bridgehead atoms. The van der Waals surface area contributed by atoms with Gasteiger partial charge in [0.05, 0.1) is 13.5 Å². The Balaban J connectivity index is 1.95. The molecule has 1 aliphatic rings. The van der Waals surface area contributed by atoms with E-state index >= 15 is 0 Å². The fourth-order valence-corrected chi connectivity index (χ4v) is 3.09. The summed E-state index contributed by atoms with van der Waals surface area (Å²) in [5.74, 6) is 1.15. The normalized spacial score (nSPS) is 15.4. The molecule has 0 aromatic heterocycles. The molecule has 132 valence electrons. The van der Waals surface area contributed by atoms with Gasteiger partial charge in [-0.1, -0.05) is 26.0 Å². The average molecular weight is 332 g/mol. The lowest BCUT2D eigenvalue weighted by Crippen LogP contribution is -2.39. The fraction of sp³-hybridized carbons (Fsp3) is 0.579. The number of aryl methyl sites for hydroxylation is 1. The van der Waals surface area contributed by atoms with Gasteiger partial charge in [-0.15, -0.1) is 0 Å². The van der Waals surface area contributed by atoms with E-state index in [1.54, 1.807) is 7.11 Å². The lowest BCUT2D eigenvalue weighted by Gasteiger charge is -2.23. The highest BCUT2D eigenvalue weighted by molar-refractivity contribution is 5.80. The summed E-state index contributed by atoms with van der Waals surface area (Å²) in [6.45, 7) is 8.52. The molecular weight excluding hydrogens is 304 g/mol. The number of hydrogen-bond acceptors (Lipinski definition) is 3. The lowest BCUT2D eigenvalue weighted by atomic mass is 10.1. The van der Waals surface area contributed by atoms with Crippen LogP contribution in [-0.4, -0.2) is 54.9 Å². The van der Waals surface area contributed by atoms with Crippen molar-refractivity contribution in [1.82, 2.24) is 9.80 Å². The van der Waals surface area contributed by atoms with E-state index < -0.39 is 0 Å². The smallest absolute Gasteiger partial charge is 0.227 e. The van der Waals surface area contributed by atoms with Crippen LogP contribution < -0.4 is 4.74 Å². The van der Waals surface area contributed by atoms with E-state index in [1.807, 2.05) is 48.8 Å². The predicted molar refractivity (Wildman–Crippen MR) is 94.1 cm³/mol. The number of carbonyl (C=O) groups excluding carboxylic acids is 2. The van der Waals surface area contributed by atoms with Gasteiger partial charge in [0.1, 0.15) is 5.75 Å². The first-order valence-electron chi connectivity index (χ1n) is 8.62. The van der Waals surface area contributed by atoms with Crippen molar-refractivity contribution in [1.29, 1.82) is 0 Å². The lowest BCUT2D eigenvalue weighted by molar-refractivity contribution is -0.135. The molecule has 24 heavy (non-hydrogen) atoms. The zero-order chi connectivity index (χ0) is 17.7.